The number of halogens is 3. The average molecular weight is 2060 g/mol. The third kappa shape index (κ3) is 24.8. The van der Waals surface area contributed by atoms with Gasteiger partial charge in [0.25, 0.3) is 47.3 Å². The van der Waals surface area contributed by atoms with Crippen LogP contribution in [0.1, 0.15) is 142 Å². The van der Waals surface area contributed by atoms with Crippen molar-refractivity contribution in [2.24, 2.45) is 75.5 Å². The van der Waals surface area contributed by atoms with Gasteiger partial charge in [-0.3, -0.25) is 56.6 Å². The molecule has 0 saturated carbocycles. The SMILES string of the molecule is CCC(C)CCN1C(=O)C(C2=NP(=O)(OC)c3cc(OCC(N)=O)ccc3N2)=C(O)C1C(C)(C)C.COC(C)CCN1C(=O)C(C2=NP(=O)(OC)c3cc(OCC(N)=O)ccc3N2)=C(O)C1C(C)(C)C.COP1(=O)N=C(C2=C(O)C(C(C)(C)C)N(CCC(C)C(F)(F)F)C2=O)Nc2ccc(OCC(N)=O)cc21.COP1(=O)N=C(C2=C(O)C(C(C)(C)C)N(Cc3ccoc3)C2=O)Nc2ccc(OCC(N)=O)cc21. The van der Waals surface area contributed by atoms with Crippen molar-refractivity contribution in [1.29, 1.82) is 0 Å². The van der Waals surface area contributed by atoms with Gasteiger partial charge in [0.2, 0.25) is 0 Å². The summed E-state index contributed by atoms with van der Waals surface area (Å²) in [5, 5.41) is 57.5. The highest BCUT2D eigenvalue weighted by molar-refractivity contribution is 7.67. The molecule has 8 aliphatic heterocycles. The van der Waals surface area contributed by atoms with Crippen LogP contribution < -0.4 is 84.4 Å². The molecule has 8 aliphatic rings. The van der Waals surface area contributed by atoms with Crippen molar-refractivity contribution < 1.29 is 136 Å². The number of nitrogens with two attached hydrogens (primary N) is 4. The van der Waals surface area contributed by atoms with E-state index in [4.69, 9.17) is 69.1 Å². The predicted molar refractivity (Wildman–Crippen MR) is 527 cm³/mol. The van der Waals surface area contributed by atoms with Gasteiger partial charge in [-0.2, -0.15) is 32.2 Å². The van der Waals surface area contributed by atoms with Gasteiger partial charge in [0.15, 0.2) is 49.8 Å². The Morgan fingerprint density at radius 3 is 0.915 bits per heavy atom. The second kappa shape index (κ2) is 43.9. The number of aliphatic hydroxyl groups excluding tert-OH is 4. The van der Waals surface area contributed by atoms with E-state index in [-0.39, 0.29) is 164 Å². The number of benzene rings is 4. The highest BCUT2D eigenvalue weighted by Crippen LogP contribution is 2.58. The van der Waals surface area contributed by atoms with Crippen molar-refractivity contribution in [3.05, 3.63) is 142 Å². The second-order valence-corrected chi connectivity index (χ2v) is 47.2. The number of amides is 8. The fraction of sp³-hybridized carbons (Fsp3) is 0.484. The van der Waals surface area contributed by atoms with Crippen molar-refractivity contribution in [3.63, 3.8) is 0 Å². The molecule has 1 aromatic heterocycles. The Labute approximate surface area is 819 Å². The number of anilines is 4. The average Bonchev–Trinajstić information content (AvgIpc) is 1.79. The number of hydrogen-bond donors (Lipinski definition) is 12. The van der Waals surface area contributed by atoms with Gasteiger partial charge >= 0.3 is 36.3 Å². The first kappa shape index (κ1) is 112. The molecule has 11 unspecified atom stereocenters. The number of carbonyl (C=O) groups excluding carboxylic acids is 8. The van der Waals surface area contributed by atoms with Gasteiger partial charge in [0.05, 0.1) is 92.7 Å². The number of alkyl halides is 3. The Morgan fingerprint density at radius 1 is 0.423 bits per heavy atom. The largest absolute Gasteiger partial charge is 0.509 e. The van der Waals surface area contributed by atoms with Crippen LogP contribution in [0, 0.1) is 33.5 Å². The van der Waals surface area contributed by atoms with E-state index in [1.54, 1.807) is 80.1 Å². The lowest BCUT2D eigenvalue weighted by molar-refractivity contribution is -0.173. The number of amidine groups is 4. The third-order valence-corrected chi connectivity index (χ3v) is 31.8. The Kier molecular flexibility index (Phi) is 34.5. The summed E-state index contributed by atoms with van der Waals surface area (Å²) < 4.78 is 164. The number of primary amides is 4. The molecule has 16 N–H and O–H groups in total. The van der Waals surface area contributed by atoms with Crippen LogP contribution in [0.15, 0.2) is 160 Å². The van der Waals surface area contributed by atoms with Gasteiger partial charge in [-0.15, -0.1) is 0 Å². The molecule has 774 valence electrons. The third-order valence-electron chi connectivity index (χ3n) is 24.0. The normalized spacial score (nSPS) is 22.8. The van der Waals surface area contributed by atoms with E-state index in [2.05, 4.69) is 54.2 Å². The summed E-state index contributed by atoms with van der Waals surface area (Å²) in [5.74, 6) is -6.13. The van der Waals surface area contributed by atoms with E-state index in [0.29, 0.717) is 42.5 Å². The Morgan fingerprint density at radius 2 is 0.683 bits per heavy atom. The van der Waals surface area contributed by atoms with Crippen molar-refractivity contribution in [2.75, 3.05) is 103 Å². The smallest absolute Gasteiger partial charge is 0.391 e. The van der Waals surface area contributed by atoms with Crippen LogP contribution >= 0.6 is 30.1 Å². The fourth-order valence-electron chi connectivity index (χ4n) is 16.7. The molecule has 0 bridgehead atoms. The lowest BCUT2D eigenvalue weighted by atomic mass is 9.85. The maximum Gasteiger partial charge on any atom is 0.391 e. The number of fused-ring (bicyclic) bond motifs is 4. The van der Waals surface area contributed by atoms with E-state index in [1.807, 2.05) is 69.2 Å². The van der Waals surface area contributed by atoms with Gasteiger partial charge in [-0.1, -0.05) is 110 Å². The molecule has 0 radical (unpaired) electrons. The summed E-state index contributed by atoms with van der Waals surface area (Å²) in [6, 6.07) is 17.0. The van der Waals surface area contributed by atoms with Crippen LogP contribution in [-0.2, 0) is 86.0 Å². The molecule has 11 atom stereocenters. The molecule has 142 heavy (non-hydrogen) atoms. The summed E-state index contributed by atoms with van der Waals surface area (Å²) >= 11 is 0. The minimum absolute atomic E-state index is 0.00345. The van der Waals surface area contributed by atoms with Gasteiger partial charge in [-0.25, -0.2) is 0 Å². The standard InChI is InChI=1S/C24H35N4O6P.C23H30F3N4O6P.C23H27N4O7P.C23H33N4O7P/c1-7-14(2)10-11-28-21(24(3,4)5)20(30)19(23(28)31)22-26-16-9-8-15(34-13-18(25)29)12-17(16)35(32,27-22)33-6;1-12(23(24,25)26)8-9-30-19(22(2,3)4)18(32)17(21(30)33)20-28-14-7-6-13(36-11-16(27)31)10-15(14)37(34,29-20)35-5;1-23(2,3)20-19(29)18(22(30)27(20)10-13-7-8-33-11-13)21-25-15-6-5-14(34-12-17(24)28)9-16(15)35(31,26-21)32-4;1-13(32-5)9-10-27-20(23(2,3)4)19(29)18(22(27)30)21-25-15-8-7-14(34-12-17(24)28)11-16(15)35(31,26-21)33-6/h8-9,12,14,21,30H,7,10-11,13H2,1-6H3,(H2,25,29)(H,26,27,32);6-7,10,12,19,32H,8-9,11H2,1-5H3,(H2,27,31)(H,28,29,34);5-9,11,20,29H,10,12H2,1-4H3,(H2,24,28)(H,25,26,31);7-8,11,13,20,29H,9-10,12H2,1-6H3,(H2,24,28)(H,25,26,31). The number of carbonyl (C=O) groups is 8. The Bertz CT molecular complexity index is 6030. The number of methoxy groups -OCH3 is 1. The summed E-state index contributed by atoms with van der Waals surface area (Å²) in [5.41, 5.74) is 20.0. The van der Waals surface area contributed by atoms with Gasteiger partial charge in [0, 0.05) is 67.3 Å². The summed E-state index contributed by atoms with van der Waals surface area (Å²) in [7, 11) is -9.02. The van der Waals surface area contributed by atoms with E-state index >= 15 is 0 Å². The first-order valence-electron chi connectivity index (χ1n) is 45.0. The van der Waals surface area contributed by atoms with E-state index < -0.39 is 142 Å². The lowest BCUT2D eigenvalue weighted by Gasteiger charge is -2.35. The maximum atomic E-state index is 13.7. The lowest BCUT2D eigenvalue weighted by Crippen LogP contribution is -2.45. The van der Waals surface area contributed by atoms with Crippen LogP contribution in [-0.4, -0.2) is 229 Å². The number of ether oxygens (including phenoxy) is 5. The zero-order valence-electron chi connectivity index (χ0n) is 82.8. The first-order chi connectivity index (χ1) is 66.1. The molecular formula is C93H125F3N16O26P4. The topological polar surface area (TPSA) is 597 Å². The molecule has 0 fully saturated rings. The Balaban J connectivity index is 0.000000195. The molecular weight excluding hydrogens is 1940 g/mol. The minimum Gasteiger partial charge on any atom is -0.509 e. The molecule has 13 rings (SSSR count). The van der Waals surface area contributed by atoms with Gasteiger partial charge < -0.3 is 130 Å². The number of furan rings is 1. The monoisotopic (exact) mass is 2060 g/mol. The van der Waals surface area contributed by atoms with Crippen LogP contribution in [0.5, 0.6) is 23.0 Å². The van der Waals surface area contributed by atoms with Crippen LogP contribution in [0.25, 0.3) is 0 Å². The number of hydrogen-bond acceptors (Lipinski definition) is 30. The Hall–Kier alpha value is -12.3. The van der Waals surface area contributed by atoms with Gasteiger partial charge in [-0.05, 0) is 133 Å². The number of aliphatic hydroxyl groups is 4. The molecule has 5 aromatic rings. The molecule has 0 spiro atoms. The quantitative estimate of drug-likeness (QED) is 0.0174. The summed E-state index contributed by atoms with van der Waals surface area (Å²) in [6.07, 6.45) is 0.527. The highest BCUT2D eigenvalue weighted by atomic mass is 31.2. The van der Waals surface area contributed by atoms with Crippen LogP contribution in [0.2, 0.25) is 0 Å². The minimum atomic E-state index is -4.43. The van der Waals surface area contributed by atoms with Crippen LogP contribution in [0.3, 0.4) is 0 Å². The number of nitrogens with one attached hydrogen (secondary N) is 4. The summed E-state index contributed by atoms with van der Waals surface area (Å²) in [4.78, 5) is 104. The van der Waals surface area contributed by atoms with Crippen molar-refractivity contribution in [1.82, 2.24) is 19.6 Å². The predicted octanol–water partition coefficient (Wildman–Crippen LogP) is 11.9. The maximum absolute atomic E-state index is 13.7. The van der Waals surface area contributed by atoms with E-state index in [9.17, 15) is 90.2 Å². The fourth-order valence-corrected chi connectivity index (χ4v) is 22.8. The summed E-state index contributed by atoms with van der Waals surface area (Å²) in [6.45, 7) is 29.1. The molecule has 49 heteroatoms. The highest BCUT2D eigenvalue weighted by Gasteiger charge is 2.55. The van der Waals surface area contributed by atoms with E-state index in [1.165, 1.54) is 80.1 Å². The van der Waals surface area contributed by atoms with Crippen molar-refractivity contribution in [2.45, 2.75) is 179 Å². The van der Waals surface area contributed by atoms with Crippen LogP contribution in [0.4, 0.5) is 35.9 Å². The van der Waals surface area contributed by atoms with Gasteiger partial charge in [0.1, 0.15) is 68.3 Å². The molecule has 42 nitrogen and oxygen atoms in total. The number of nitrogens with zero attached hydrogens (tertiary/aromatic N) is 8. The number of rotatable bonds is 33. The molecule has 8 amide bonds. The zero-order chi connectivity index (χ0) is 106. The molecule has 9 heterocycles. The molecule has 4 aromatic carbocycles. The van der Waals surface area contributed by atoms with E-state index in [0.717, 1.165) is 32.4 Å². The first-order valence-corrected chi connectivity index (χ1v) is 51.3. The van der Waals surface area contributed by atoms with Crippen molar-refractivity contribution >= 4 is 145 Å². The molecule has 0 aliphatic carbocycles. The molecule has 0 saturated heterocycles. The second-order valence-electron chi connectivity index (χ2n) is 38.9. The zero-order valence-corrected chi connectivity index (χ0v) is 86.3. The van der Waals surface area contributed by atoms with Crippen molar-refractivity contribution in [3.8, 4) is 23.0 Å².